The molecule has 0 fully saturated rings. The van der Waals surface area contributed by atoms with Crippen molar-refractivity contribution in [3.8, 4) is 57.3 Å². The highest BCUT2D eigenvalue weighted by Crippen LogP contribution is 2.49. The van der Waals surface area contributed by atoms with E-state index in [0.29, 0.717) is 17.8 Å². The molecule has 123 heavy (non-hydrogen) atoms. The maximum absolute atomic E-state index is 6.48. The van der Waals surface area contributed by atoms with Gasteiger partial charge >= 0.3 is 0 Å². The zero-order chi connectivity index (χ0) is 80.5. The van der Waals surface area contributed by atoms with Crippen LogP contribution in [0.4, 0.5) is 0 Å². The topological polar surface area (TPSA) is 110 Å². The Morgan fingerprint density at radius 3 is 1.00 bits per heavy atom. The summed E-state index contributed by atoms with van der Waals surface area (Å²) in [4.78, 5) is 31.8. The van der Waals surface area contributed by atoms with E-state index in [1.165, 1.54) is 83.0 Å². The Morgan fingerprint density at radius 1 is 0.203 bits per heavy atom. The average molecular weight is 1640 g/mol. The van der Waals surface area contributed by atoms with Crippen molar-refractivity contribution in [1.82, 2.24) is 48.2 Å². The molecule has 0 N–H and O–H groups in total. The van der Waals surface area contributed by atoms with Crippen molar-refractivity contribution in [2.75, 3.05) is 0 Å². The molecular formula is C108H62N10OS4. The standard InChI is InChI=1S/C40H24N4S.C34H19N3OS.C34H19N3S2/c1-3-13-25(14-4-1)36-39-37(30-19-9-12-22-34(30)45-39)42-40(41-36)44-32-21-11-8-18-29(32)35-33(44)24-23-28-27-17-7-10-20-31(27)43(38(28)35)26-15-5-2-6-16-26;2*1-2-10-20(11-3-1)30-33-31(24-14-6-9-17-28(24)39-33)36-34(35-30)37-25-15-7-4-13-23(25)29-26(37)19-18-22-21-12-5-8-16-27(21)38-32(22)29/h1-24H;2*1-19H. The summed E-state index contributed by atoms with van der Waals surface area (Å²) in [5.41, 5.74) is 21.0. The molecule has 0 spiro atoms. The van der Waals surface area contributed by atoms with Crippen LogP contribution in [0.15, 0.2) is 381 Å². The lowest BCUT2D eigenvalue weighted by atomic mass is 10.1. The van der Waals surface area contributed by atoms with Gasteiger partial charge < -0.3 is 8.98 Å². The first-order valence-corrected chi connectivity index (χ1v) is 44.2. The SMILES string of the molecule is c1ccc(-c2nc(-n3c4ccccc4c4c3ccc3c5ccccc5n(-c5ccccc5)c34)nc3c2sc2ccccc23)cc1.c1ccc(-c2nc(-n3c4ccccc4c4c5oc6ccccc6c5ccc43)nc3c2sc2ccccc23)cc1.c1ccc(-c2nc(-n3c4ccccc4c4c5sc6ccccc6c5ccc43)nc3c2sc2ccccc23)cc1. The summed E-state index contributed by atoms with van der Waals surface area (Å²) < 4.78 is 25.2. The molecule has 0 aliphatic rings. The highest BCUT2D eigenvalue weighted by atomic mass is 32.1. The predicted octanol–water partition coefficient (Wildman–Crippen LogP) is 30.2. The Bertz CT molecular complexity index is 8890. The molecule has 0 bridgehead atoms. The minimum absolute atomic E-state index is 0.659. The number of para-hydroxylation sites is 6. The third-order valence-corrected chi connectivity index (χ3v) is 28.9. The van der Waals surface area contributed by atoms with Crippen molar-refractivity contribution in [2.24, 2.45) is 0 Å². The average Bonchev–Trinajstić information content (AvgIpc) is 1.55. The summed E-state index contributed by atoms with van der Waals surface area (Å²) in [6, 6.07) is 132. The van der Waals surface area contributed by atoms with Gasteiger partial charge in [0.05, 0.1) is 97.3 Å². The van der Waals surface area contributed by atoms with E-state index in [2.05, 4.69) is 376 Å². The normalized spacial score (nSPS) is 12.1. The Labute approximate surface area is 716 Å². The third kappa shape index (κ3) is 10.7. The van der Waals surface area contributed by atoms with E-state index in [1.807, 2.05) is 29.5 Å². The number of hydrogen-bond donors (Lipinski definition) is 0. The molecule has 0 unspecified atom stereocenters. The number of hydrogen-bond acceptors (Lipinski definition) is 11. The molecule has 11 nitrogen and oxygen atoms in total. The summed E-state index contributed by atoms with van der Waals surface area (Å²) in [7, 11) is 0. The number of aromatic nitrogens is 10. The van der Waals surface area contributed by atoms with Gasteiger partial charge in [0.25, 0.3) is 0 Å². The zero-order valence-corrected chi connectivity index (χ0v) is 68.6. The molecular weight excluding hydrogens is 1580 g/mol. The molecule has 0 aliphatic heterocycles. The minimum atomic E-state index is 0.659. The molecule has 15 heteroatoms. The van der Waals surface area contributed by atoms with Gasteiger partial charge in [0.15, 0.2) is 0 Å². The number of benzene rings is 16. The molecule has 16 aromatic carbocycles. The maximum atomic E-state index is 6.48. The largest absolute Gasteiger partial charge is 0.455 e. The van der Waals surface area contributed by atoms with E-state index in [0.717, 1.165) is 147 Å². The van der Waals surface area contributed by atoms with Gasteiger partial charge in [-0.15, -0.1) is 45.3 Å². The van der Waals surface area contributed by atoms with E-state index in [1.54, 1.807) is 34.0 Å². The first-order valence-electron chi connectivity index (χ1n) is 41.0. The van der Waals surface area contributed by atoms with Gasteiger partial charge in [-0.05, 0) is 91.0 Å². The molecule has 0 saturated heterocycles. The molecule has 0 radical (unpaired) electrons. The second kappa shape index (κ2) is 27.6. The van der Waals surface area contributed by atoms with Crippen LogP contribution in [0.3, 0.4) is 0 Å². The van der Waals surface area contributed by atoms with Crippen LogP contribution in [0.2, 0.25) is 0 Å². The fourth-order valence-electron chi connectivity index (χ4n) is 18.9. The van der Waals surface area contributed by atoms with Crippen LogP contribution in [-0.4, -0.2) is 48.2 Å². The third-order valence-electron chi connectivity index (χ3n) is 24.2. The molecule has 0 saturated carbocycles. The van der Waals surface area contributed by atoms with Crippen LogP contribution >= 0.6 is 45.3 Å². The molecule has 0 atom stereocenters. The van der Waals surface area contributed by atoms with E-state index >= 15 is 0 Å². The van der Waals surface area contributed by atoms with Crippen LogP contribution in [0.25, 0.3) is 248 Å². The monoisotopic (exact) mass is 1640 g/mol. The Morgan fingerprint density at radius 2 is 0.528 bits per heavy atom. The second-order valence-electron chi connectivity index (χ2n) is 31.0. The summed E-state index contributed by atoms with van der Waals surface area (Å²) in [5.74, 6) is 2.04. The number of fused-ring (bicyclic) bond motifs is 30. The summed E-state index contributed by atoms with van der Waals surface area (Å²) in [5, 5.41) is 17.9. The lowest BCUT2D eigenvalue weighted by molar-refractivity contribution is 0.673. The fraction of sp³-hybridized carbons (Fsp3) is 0. The Kier molecular flexibility index (Phi) is 15.6. The smallest absolute Gasteiger partial charge is 0.235 e. The first-order chi connectivity index (χ1) is 61.0. The van der Waals surface area contributed by atoms with Crippen LogP contribution in [0.1, 0.15) is 0 Å². The molecule has 28 aromatic rings. The molecule has 12 heterocycles. The molecule has 12 aromatic heterocycles. The van der Waals surface area contributed by atoms with E-state index in [9.17, 15) is 0 Å². The molecule has 574 valence electrons. The second-order valence-corrected chi connectivity index (χ2v) is 35.2. The van der Waals surface area contributed by atoms with Crippen molar-refractivity contribution in [2.45, 2.75) is 0 Å². The van der Waals surface area contributed by atoms with Gasteiger partial charge in [-0.2, -0.15) is 0 Å². The van der Waals surface area contributed by atoms with Gasteiger partial charge in [-0.25, -0.2) is 29.9 Å². The summed E-state index contributed by atoms with van der Waals surface area (Å²) >= 11 is 7.15. The van der Waals surface area contributed by atoms with Crippen molar-refractivity contribution < 1.29 is 4.42 Å². The quantitative estimate of drug-likeness (QED) is 0.156. The van der Waals surface area contributed by atoms with Crippen LogP contribution in [0, 0.1) is 0 Å². The van der Waals surface area contributed by atoms with E-state index in [-0.39, 0.29) is 0 Å². The van der Waals surface area contributed by atoms with E-state index < -0.39 is 0 Å². The van der Waals surface area contributed by atoms with Gasteiger partial charge in [0.2, 0.25) is 17.8 Å². The van der Waals surface area contributed by atoms with Crippen LogP contribution < -0.4 is 0 Å². The minimum Gasteiger partial charge on any atom is -0.455 e. The van der Waals surface area contributed by atoms with Gasteiger partial charge in [-0.1, -0.05) is 285 Å². The summed E-state index contributed by atoms with van der Waals surface area (Å²) in [6.45, 7) is 0. The number of rotatable bonds is 7. The highest BCUT2D eigenvalue weighted by Gasteiger charge is 2.28. The molecule has 0 amide bonds. The lowest BCUT2D eigenvalue weighted by Gasteiger charge is -2.11. The van der Waals surface area contributed by atoms with Crippen LogP contribution in [0.5, 0.6) is 0 Å². The lowest BCUT2D eigenvalue weighted by Crippen LogP contribution is -2.02. The van der Waals surface area contributed by atoms with Crippen molar-refractivity contribution in [1.29, 1.82) is 0 Å². The van der Waals surface area contributed by atoms with Gasteiger partial charge in [-0.3, -0.25) is 13.7 Å². The van der Waals surface area contributed by atoms with Gasteiger partial charge in [0, 0.05) is 121 Å². The number of furan rings is 1. The number of nitrogens with zero attached hydrogens (tertiary/aromatic N) is 10. The fourth-order valence-corrected chi connectivity index (χ4v) is 23.6. The molecule has 0 aliphatic carbocycles. The van der Waals surface area contributed by atoms with Gasteiger partial charge in [0.1, 0.15) is 11.2 Å². The maximum Gasteiger partial charge on any atom is 0.235 e. The van der Waals surface area contributed by atoms with Crippen LogP contribution in [-0.2, 0) is 0 Å². The van der Waals surface area contributed by atoms with E-state index in [4.69, 9.17) is 34.3 Å². The first kappa shape index (κ1) is 69.6. The van der Waals surface area contributed by atoms with Crippen molar-refractivity contribution >= 4 is 236 Å². The predicted molar refractivity (Wildman–Crippen MR) is 519 cm³/mol. The zero-order valence-electron chi connectivity index (χ0n) is 65.3. The molecule has 28 rings (SSSR count). The number of thiophene rings is 4. The Balaban J connectivity index is 0.0000000993. The Hall–Kier alpha value is -15.4. The summed E-state index contributed by atoms with van der Waals surface area (Å²) in [6.07, 6.45) is 0. The van der Waals surface area contributed by atoms with Crippen molar-refractivity contribution in [3.05, 3.63) is 376 Å². The highest BCUT2D eigenvalue weighted by molar-refractivity contribution is 7.27. The van der Waals surface area contributed by atoms with Crippen molar-refractivity contribution in [3.63, 3.8) is 0 Å².